The largest absolute Gasteiger partial charge is 0.454 e. The lowest BCUT2D eigenvalue weighted by Gasteiger charge is -2.31. The highest BCUT2D eigenvalue weighted by Crippen LogP contribution is 2.36. The number of benzene rings is 2. The van der Waals surface area contributed by atoms with Gasteiger partial charge in [0.1, 0.15) is 6.04 Å². The third-order valence-corrected chi connectivity index (χ3v) is 7.57. The van der Waals surface area contributed by atoms with Crippen molar-refractivity contribution >= 4 is 50.7 Å². The molecule has 0 bridgehead atoms. The van der Waals surface area contributed by atoms with E-state index in [-0.39, 0.29) is 44.5 Å². The summed E-state index contributed by atoms with van der Waals surface area (Å²) in [4.78, 5) is 27.4. The molecule has 0 aromatic heterocycles. The smallest absolute Gasteiger partial charge is 0.242 e. The number of likely N-dealkylation sites (N-methyl/N-ethyl adjacent to an activating group) is 1. The molecule has 1 aliphatic heterocycles. The zero-order valence-electron chi connectivity index (χ0n) is 20.3. The lowest BCUT2D eigenvalue weighted by molar-refractivity contribution is -0.141. The molecule has 2 aromatic rings. The van der Waals surface area contributed by atoms with E-state index in [1.54, 1.807) is 36.4 Å². The Hall–Kier alpha value is -2.69. The number of anilines is 1. The molecule has 1 atom stereocenters. The average Bonchev–Trinajstić information content (AvgIpc) is 3.29. The number of halogens is 2. The number of amides is 2. The van der Waals surface area contributed by atoms with E-state index in [1.807, 2.05) is 6.92 Å². The Kier molecular flexibility index (Phi) is 9.32. The molecule has 36 heavy (non-hydrogen) atoms. The Morgan fingerprint density at radius 3 is 2.47 bits per heavy atom. The minimum absolute atomic E-state index is 0.0231. The SMILES string of the molecule is CC[C@@H](C(=O)NC)N(Cc1ccc(Cl)cc1Cl)C(=O)CCCN(c1ccc2c(c1)OCO2)S(C)(=O)=O. The van der Waals surface area contributed by atoms with Gasteiger partial charge < -0.3 is 19.7 Å². The number of ether oxygens (including phenoxy) is 2. The van der Waals surface area contributed by atoms with Gasteiger partial charge in [0.15, 0.2) is 11.5 Å². The van der Waals surface area contributed by atoms with Gasteiger partial charge in [-0.3, -0.25) is 13.9 Å². The lowest BCUT2D eigenvalue weighted by atomic mass is 10.1. The molecular weight excluding hydrogens is 529 g/mol. The zero-order valence-corrected chi connectivity index (χ0v) is 22.6. The lowest BCUT2D eigenvalue weighted by Crippen LogP contribution is -2.48. The maximum Gasteiger partial charge on any atom is 0.242 e. The third-order valence-electron chi connectivity index (χ3n) is 5.78. The standard InChI is InChI=1S/C24H29Cl2N3O6S/c1-4-20(24(31)27-2)28(14-16-7-8-17(25)12-19(16)26)23(30)6-5-11-29(36(3,32)33)18-9-10-21-22(13-18)35-15-34-21/h7-10,12-13,20H,4-6,11,14-15H2,1-3H3,(H,27,31)/t20-/m0/s1. The van der Waals surface area contributed by atoms with Crippen LogP contribution < -0.4 is 19.1 Å². The quantitative estimate of drug-likeness (QED) is 0.450. The predicted molar refractivity (Wildman–Crippen MR) is 139 cm³/mol. The highest BCUT2D eigenvalue weighted by molar-refractivity contribution is 7.92. The van der Waals surface area contributed by atoms with Crippen LogP contribution in [0.4, 0.5) is 5.69 Å². The van der Waals surface area contributed by atoms with Crippen molar-refractivity contribution in [2.45, 2.75) is 38.8 Å². The molecule has 0 unspecified atom stereocenters. The van der Waals surface area contributed by atoms with Crippen molar-refractivity contribution in [1.82, 2.24) is 10.2 Å². The van der Waals surface area contributed by atoms with E-state index in [0.717, 1.165) is 6.26 Å². The van der Waals surface area contributed by atoms with Gasteiger partial charge in [0.25, 0.3) is 0 Å². The van der Waals surface area contributed by atoms with Crippen LogP contribution in [0, 0.1) is 0 Å². The van der Waals surface area contributed by atoms with Crippen LogP contribution in [-0.4, -0.2) is 57.8 Å². The fourth-order valence-corrected chi connectivity index (χ4v) is 5.39. The molecule has 9 nitrogen and oxygen atoms in total. The molecule has 1 heterocycles. The Morgan fingerprint density at radius 2 is 1.83 bits per heavy atom. The predicted octanol–water partition coefficient (Wildman–Crippen LogP) is 3.82. The Morgan fingerprint density at radius 1 is 1.11 bits per heavy atom. The molecule has 196 valence electrons. The number of carbonyl (C=O) groups is 2. The topological polar surface area (TPSA) is 105 Å². The van der Waals surface area contributed by atoms with Crippen LogP contribution in [0.15, 0.2) is 36.4 Å². The Bertz CT molecular complexity index is 1220. The average molecular weight is 558 g/mol. The maximum atomic E-state index is 13.3. The molecule has 12 heteroatoms. The summed E-state index contributed by atoms with van der Waals surface area (Å²) < 4.78 is 36.9. The molecule has 0 radical (unpaired) electrons. The second-order valence-corrected chi connectivity index (χ2v) is 11.0. The summed E-state index contributed by atoms with van der Waals surface area (Å²) in [5.41, 5.74) is 1.06. The van der Waals surface area contributed by atoms with Gasteiger partial charge in [-0.15, -0.1) is 0 Å². The van der Waals surface area contributed by atoms with E-state index in [0.29, 0.717) is 39.2 Å². The van der Waals surface area contributed by atoms with E-state index >= 15 is 0 Å². The fraction of sp³-hybridized carbons (Fsp3) is 0.417. The number of nitrogens with zero attached hydrogens (tertiary/aromatic N) is 2. The normalized spacial score (nSPS) is 13.2. The zero-order chi connectivity index (χ0) is 26.5. The molecule has 2 aromatic carbocycles. The van der Waals surface area contributed by atoms with Gasteiger partial charge in [0, 0.05) is 42.7 Å². The molecule has 0 saturated heterocycles. The first kappa shape index (κ1) is 27.9. The monoisotopic (exact) mass is 557 g/mol. The number of rotatable bonds is 11. The van der Waals surface area contributed by atoms with Crippen molar-refractivity contribution in [3.8, 4) is 11.5 Å². The van der Waals surface area contributed by atoms with E-state index in [9.17, 15) is 18.0 Å². The molecule has 0 saturated carbocycles. The van der Waals surface area contributed by atoms with Crippen molar-refractivity contribution < 1.29 is 27.5 Å². The van der Waals surface area contributed by atoms with Crippen molar-refractivity contribution in [3.05, 3.63) is 52.0 Å². The molecule has 0 aliphatic carbocycles. The van der Waals surface area contributed by atoms with Crippen LogP contribution in [0.5, 0.6) is 11.5 Å². The first-order chi connectivity index (χ1) is 17.0. The Labute approximate surface area is 221 Å². The first-order valence-electron chi connectivity index (χ1n) is 11.4. The van der Waals surface area contributed by atoms with E-state index in [1.165, 1.54) is 16.3 Å². The molecule has 0 spiro atoms. The van der Waals surface area contributed by atoms with E-state index in [4.69, 9.17) is 32.7 Å². The molecule has 2 amide bonds. The second kappa shape index (κ2) is 12.0. The number of carbonyl (C=O) groups excluding carboxylic acids is 2. The first-order valence-corrected chi connectivity index (χ1v) is 14.0. The number of fused-ring (bicyclic) bond motifs is 1. The van der Waals surface area contributed by atoms with Crippen molar-refractivity contribution in [3.63, 3.8) is 0 Å². The molecule has 1 aliphatic rings. The maximum absolute atomic E-state index is 13.3. The summed E-state index contributed by atoms with van der Waals surface area (Å²) in [6.07, 6.45) is 1.75. The number of nitrogens with one attached hydrogen (secondary N) is 1. The van der Waals surface area contributed by atoms with Gasteiger partial charge >= 0.3 is 0 Å². The van der Waals surface area contributed by atoms with Gasteiger partial charge in [0.05, 0.1) is 11.9 Å². The minimum Gasteiger partial charge on any atom is -0.454 e. The second-order valence-electron chi connectivity index (χ2n) is 8.27. The summed E-state index contributed by atoms with van der Waals surface area (Å²) in [6.45, 7) is 2.06. The van der Waals surface area contributed by atoms with Crippen LogP contribution in [0.1, 0.15) is 31.7 Å². The minimum atomic E-state index is -3.63. The highest BCUT2D eigenvalue weighted by atomic mass is 35.5. The van der Waals surface area contributed by atoms with Crippen LogP contribution >= 0.6 is 23.2 Å². The molecule has 3 rings (SSSR count). The summed E-state index contributed by atoms with van der Waals surface area (Å²) in [5.74, 6) is 0.406. The number of sulfonamides is 1. The van der Waals surface area contributed by atoms with Crippen molar-refractivity contribution in [2.75, 3.05) is 30.9 Å². The van der Waals surface area contributed by atoms with Crippen LogP contribution in [0.25, 0.3) is 0 Å². The molecule has 1 N–H and O–H groups in total. The summed E-state index contributed by atoms with van der Waals surface area (Å²) in [5, 5.41) is 3.45. The molecule has 0 fully saturated rings. The van der Waals surface area contributed by atoms with E-state index < -0.39 is 16.1 Å². The fourth-order valence-electron chi connectivity index (χ4n) is 3.96. The summed E-state index contributed by atoms with van der Waals surface area (Å²) >= 11 is 12.3. The van der Waals surface area contributed by atoms with Gasteiger partial charge in [-0.05, 0) is 42.7 Å². The van der Waals surface area contributed by atoms with Crippen LogP contribution in [-0.2, 0) is 26.2 Å². The molecular formula is C24H29Cl2N3O6S. The number of hydrogen-bond donors (Lipinski definition) is 1. The van der Waals surface area contributed by atoms with E-state index in [2.05, 4.69) is 5.32 Å². The van der Waals surface area contributed by atoms with Crippen LogP contribution in [0.3, 0.4) is 0 Å². The van der Waals surface area contributed by atoms with Crippen LogP contribution in [0.2, 0.25) is 10.0 Å². The van der Waals surface area contributed by atoms with Gasteiger partial charge in [-0.25, -0.2) is 8.42 Å². The Balaban J connectivity index is 1.77. The van der Waals surface area contributed by atoms with Gasteiger partial charge in [-0.1, -0.05) is 36.2 Å². The van der Waals surface area contributed by atoms with Crippen molar-refractivity contribution in [2.24, 2.45) is 0 Å². The summed E-state index contributed by atoms with van der Waals surface area (Å²) in [6, 6.07) is 9.12. The highest BCUT2D eigenvalue weighted by Gasteiger charge is 2.29. The van der Waals surface area contributed by atoms with Gasteiger partial charge in [0.2, 0.25) is 28.6 Å². The number of hydrogen-bond acceptors (Lipinski definition) is 6. The van der Waals surface area contributed by atoms with Gasteiger partial charge in [-0.2, -0.15) is 0 Å². The van der Waals surface area contributed by atoms with Crippen molar-refractivity contribution in [1.29, 1.82) is 0 Å². The third kappa shape index (κ3) is 6.74. The summed E-state index contributed by atoms with van der Waals surface area (Å²) in [7, 11) is -2.12.